The number of hydrogen-bond donors (Lipinski definition) is 4. The molecule has 5 N–H and O–H groups in total. The molecule has 142 valence electrons. The summed E-state index contributed by atoms with van der Waals surface area (Å²) >= 11 is 0. The van der Waals surface area contributed by atoms with Crippen molar-refractivity contribution in [2.24, 2.45) is 11.7 Å². The van der Waals surface area contributed by atoms with Gasteiger partial charge < -0.3 is 21.1 Å². The van der Waals surface area contributed by atoms with E-state index in [9.17, 15) is 14.4 Å². The Kier molecular flexibility index (Phi) is 7.85. The summed E-state index contributed by atoms with van der Waals surface area (Å²) < 4.78 is 4.73. The smallest absolute Gasteiger partial charge is 0.329 e. The predicted octanol–water partition coefficient (Wildman–Crippen LogP) is 0.904. The number of imide groups is 1. The number of nitrogens with one attached hydrogen (secondary N) is 3. The molecular weight excluding hydrogens is 362 g/mol. The van der Waals surface area contributed by atoms with Crippen LogP contribution in [-0.2, 0) is 14.3 Å². The van der Waals surface area contributed by atoms with Crippen LogP contribution >= 0.6 is 12.4 Å². The number of ether oxygens (including phenoxy) is 1. The van der Waals surface area contributed by atoms with Crippen molar-refractivity contribution in [3.63, 3.8) is 0 Å². The van der Waals surface area contributed by atoms with Crippen molar-refractivity contribution in [1.29, 1.82) is 5.41 Å². The summed E-state index contributed by atoms with van der Waals surface area (Å²) in [7, 11) is 1.22. The third-order valence-corrected chi connectivity index (χ3v) is 3.91. The monoisotopic (exact) mass is 383 g/mol. The van der Waals surface area contributed by atoms with E-state index in [1.165, 1.54) is 7.11 Å². The maximum Gasteiger partial charge on any atom is 0.329 e. The molecule has 0 spiro atoms. The summed E-state index contributed by atoms with van der Waals surface area (Å²) in [5.41, 5.74) is 5.71. The molecule has 9 nitrogen and oxygen atoms in total. The molecule has 1 aromatic carbocycles. The van der Waals surface area contributed by atoms with Gasteiger partial charge in [0, 0.05) is 12.2 Å². The van der Waals surface area contributed by atoms with Gasteiger partial charge in [0.2, 0.25) is 5.91 Å². The van der Waals surface area contributed by atoms with Crippen LogP contribution in [0.25, 0.3) is 0 Å². The van der Waals surface area contributed by atoms with E-state index in [1.54, 1.807) is 30.3 Å². The van der Waals surface area contributed by atoms with E-state index in [1.807, 2.05) is 0 Å². The second-order valence-electron chi connectivity index (χ2n) is 5.56. The number of anilines is 1. The lowest BCUT2D eigenvalue weighted by atomic mass is 9.84. The Hall–Kier alpha value is -2.81. The van der Waals surface area contributed by atoms with Crippen molar-refractivity contribution in [3.05, 3.63) is 30.3 Å². The number of esters is 1. The average molecular weight is 384 g/mol. The fraction of sp³-hybridized carbons (Fsp3) is 0.375. The summed E-state index contributed by atoms with van der Waals surface area (Å²) in [6, 6.07) is 7.04. The Bertz CT molecular complexity index is 670. The van der Waals surface area contributed by atoms with Crippen LogP contribution in [0.2, 0.25) is 0 Å². The van der Waals surface area contributed by atoms with E-state index in [0.717, 1.165) is 4.90 Å². The Balaban J connectivity index is 0.00000338. The van der Waals surface area contributed by atoms with Gasteiger partial charge in [0.05, 0.1) is 13.0 Å². The van der Waals surface area contributed by atoms with Crippen molar-refractivity contribution in [2.45, 2.75) is 18.9 Å². The lowest BCUT2D eigenvalue weighted by Crippen LogP contribution is -2.67. The average Bonchev–Trinajstić information content (AvgIpc) is 2.59. The Morgan fingerprint density at radius 1 is 1.31 bits per heavy atom. The zero-order chi connectivity index (χ0) is 18.4. The third kappa shape index (κ3) is 4.85. The molecule has 0 aliphatic carbocycles. The molecule has 3 amide bonds. The molecule has 1 aromatic rings. The topological polar surface area (TPSA) is 138 Å². The maximum absolute atomic E-state index is 12.3. The number of amides is 3. The quantitative estimate of drug-likeness (QED) is 0.189. The lowest BCUT2D eigenvalue weighted by Gasteiger charge is -2.43. The molecule has 1 saturated heterocycles. The number of guanidine groups is 1. The number of β-lactam (4-membered cyclic amide) rings is 1. The van der Waals surface area contributed by atoms with Crippen molar-refractivity contribution >= 4 is 42.0 Å². The third-order valence-electron chi connectivity index (χ3n) is 3.91. The highest BCUT2D eigenvalue weighted by molar-refractivity contribution is 6.11. The Morgan fingerprint density at radius 3 is 2.54 bits per heavy atom. The van der Waals surface area contributed by atoms with E-state index < -0.39 is 29.9 Å². The normalized spacial score (nSPS) is 18.2. The van der Waals surface area contributed by atoms with Gasteiger partial charge in [-0.15, -0.1) is 12.4 Å². The molecule has 0 saturated carbocycles. The number of carbonyl (C=O) groups is 3. The van der Waals surface area contributed by atoms with Gasteiger partial charge in [0.25, 0.3) is 0 Å². The molecule has 0 aromatic heterocycles. The number of hydrogen-bond acceptors (Lipinski definition) is 5. The minimum Gasteiger partial charge on any atom is -0.467 e. The van der Waals surface area contributed by atoms with Crippen molar-refractivity contribution in [3.8, 4) is 0 Å². The standard InChI is InChI=1S/C16H21N5O4.ClH/c1-25-14(23)12-11(8-5-9-19-15(17)18)13(22)21(12)16(24)20-10-6-3-2-4-7-10;/h2-4,6-7,11-12H,5,8-9H2,1H3,(H,20,24)(H4,17,18,19);1H/t11-,12+;/m1./s1. The minimum atomic E-state index is -0.946. The van der Waals surface area contributed by atoms with Gasteiger partial charge in [-0.05, 0) is 25.0 Å². The molecule has 1 heterocycles. The zero-order valence-corrected chi connectivity index (χ0v) is 15.0. The van der Waals surface area contributed by atoms with Crippen LogP contribution in [0.5, 0.6) is 0 Å². The maximum atomic E-state index is 12.3. The van der Waals surface area contributed by atoms with Crippen LogP contribution in [-0.4, -0.2) is 48.5 Å². The van der Waals surface area contributed by atoms with Crippen molar-refractivity contribution < 1.29 is 19.1 Å². The molecule has 2 rings (SSSR count). The molecule has 2 atom stereocenters. The number of para-hydroxylation sites is 1. The molecule has 10 heteroatoms. The van der Waals surface area contributed by atoms with Gasteiger partial charge in [0.1, 0.15) is 0 Å². The largest absolute Gasteiger partial charge is 0.467 e. The Labute approximate surface area is 157 Å². The number of halogens is 1. The second kappa shape index (κ2) is 9.62. The van der Waals surface area contributed by atoms with Crippen LogP contribution < -0.4 is 16.4 Å². The highest BCUT2D eigenvalue weighted by Gasteiger charge is 2.54. The van der Waals surface area contributed by atoms with E-state index in [4.69, 9.17) is 15.9 Å². The number of methoxy groups -OCH3 is 1. The molecule has 1 fully saturated rings. The van der Waals surface area contributed by atoms with E-state index in [-0.39, 0.29) is 18.4 Å². The first-order valence-electron chi connectivity index (χ1n) is 7.80. The van der Waals surface area contributed by atoms with Crippen LogP contribution in [0.15, 0.2) is 30.3 Å². The van der Waals surface area contributed by atoms with Crippen LogP contribution in [0.3, 0.4) is 0 Å². The van der Waals surface area contributed by atoms with Crippen molar-refractivity contribution in [2.75, 3.05) is 19.0 Å². The fourth-order valence-corrected chi connectivity index (χ4v) is 2.70. The number of nitrogens with two attached hydrogens (primary N) is 1. The van der Waals surface area contributed by atoms with E-state index >= 15 is 0 Å². The predicted molar refractivity (Wildman–Crippen MR) is 98.0 cm³/mol. The molecule has 1 aliphatic heterocycles. The number of benzene rings is 1. The second-order valence-corrected chi connectivity index (χ2v) is 5.56. The van der Waals surface area contributed by atoms with Gasteiger partial charge in [-0.3, -0.25) is 10.2 Å². The molecule has 1 aliphatic rings. The van der Waals surface area contributed by atoms with Gasteiger partial charge in [-0.25, -0.2) is 14.5 Å². The minimum absolute atomic E-state index is 0. The number of nitrogens with zero attached hydrogens (tertiary/aromatic N) is 1. The first-order chi connectivity index (χ1) is 12.0. The summed E-state index contributed by atoms with van der Waals surface area (Å²) in [6.07, 6.45) is 0.908. The zero-order valence-electron chi connectivity index (χ0n) is 14.2. The van der Waals surface area contributed by atoms with Crippen LogP contribution in [0, 0.1) is 11.3 Å². The first kappa shape index (κ1) is 21.2. The summed E-state index contributed by atoms with van der Waals surface area (Å²) in [6.45, 7) is 0.406. The summed E-state index contributed by atoms with van der Waals surface area (Å²) in [5, 5.41) is 12.3. The molecule has 0 radical (unpaired) electrons. The van der Waals surface area contributed by atoms with Gasteiger partial charge in [-0.2, -0.15) is 0 Å². The van der Waals surface area contributed by atoms with Gasteiger partial charge >= 0.3 is 12.0 Å². The highest BCUT2D eigenvalue weighted by atomic mass is 35.5. The lowest BCUT2D eigenvalue weighted by molar-refractivity contribution is -0.167. The van der Waals surface area contributed by atoms with Crippen LogP contribution in [0.4, 0.5) is 10.5 Å². The molecule has 0 bridgehead atoms. The van der Waals surface area contributed by atoms with E-state index in [0.29, 0.717) is 25.1 Å². The number of urea groups is 1. The molecular formula is C16H22ClN5O4. The SMILES string of the molecule is COC(=O)[C@@H]1[C@@H](CCCNC(=N)N)C(=O)N1C(=O)Nc1ccccc1.Cl. The molecule has 0 unspecified atom stereocenters. The Morgan fingerprint density at radius 2 is 1.96 bits per heavy atom. The van der Waals surface area contributed by atoms with E-state index in [2.05, 4.69) is 10.6 Å². The first-order valence-corrected chi connectivity index (χ1v) is 7.80. The summed E-state index contributed by atoms with van der Waals surface area (Å²) in [4.78, 5) is 37.5. The van der Waals surface area contributed by atoms with Gasteiger partial charge in [0.15, 0.2) is 12.0 Å². The highest BCUT2D eigenvalue weighted by Crippen LogP contribution is 2.32. The molecule has 26 heavy (non-hydrogen) atoms. The van der Waals surface area contributed by atoms with Crippen LogP contribution in [0.1, 0.15) is 12.8 Å². The number of carbonyl (C=O) groups excluding carboxylic acids is 3. The number of likely N-dealkylation sites (tertiary alicyclic amines) is 1. The fourth-order valence-electron chi connectivity index (χ4n) is 2.70. The van der Waals surface area contributed by atoms with Crippen molar-refractivity contribution in [1.82, 2.24) is 10.2 Å². The number of rotatable bonds is 6. The summed E-state index contributed by atoms with van der Waals surface area (Å²) in [5.74, 6) is -1.84. The van der Waals surface area contributed by atoms with Gasteiger partial charge in [-0.1, -0.05) is 18.2 Å².